The van der Waals surface area contributed by atoms with E-state index in [1.165, 1.54) is 0 Å². The average molecular weight is 421 g/mol. The van der Waals surface area contributed by atoms with Crippen LogP contribution in [0.15, 0.2) is 65.8 Å². The van der Waals surface area contributed by atoms with Gasteiger partial charge in [-0.25, -0.2) is 0 Å². The molecule has 2 bridgehead atoms. The molecule has 0 radical (unpaired) electrons. The van der Waals surface area contributed by atoms with Crippen LogP contribution in [-0.2, 0) is 16.2 Å². The summed E-state index contributed by atoms with van der Waals surface area (Å²) in [6.45, 7) is 0.378. The number of fused-ring (bicyclic) bond motifs is 1. The van der Waals surface area contributed by atoms with Crippen molar-refractivity contribution in [3.8, 4) is 5.75 Å². The van der Waals surface area contributed by atoms with Crippen LogP contribution in [0, 0.1) is 23.7 Å². The van der Waals surface area contributed by atoms with Gasteiger partial charge in [0.1, 0.15) is 12.4 Å². The van der Waals surface area contributed by atoms with Crippen LogP contribution in [0.5, 0.6) is 5.75 Å². The van der Waals surface area contributed by atoms with Gasteiger partial charge in [0.2, 0.25) is 0 Å². The summed E-state index contributed by atoms with van der Waals surface area (Å²) < 4.78 is 5.78. The Labute approximate surface area is 180 Å². The van der Waals surface area contributed by atoms with Gasteiger partial charge < -0.3 is 4.74 Å². The minimum absolute atomic E-state index is 0.167. The molecule has 0 aromatic heterocycles. The Bertz CT molecular complexity index is 1010. The van der Waals surface area contributed by atoms with Crippen LogP contribution in [0.3, 0.4) is 0 Å². The third kappa shape index (κ3) is 3.33. The fourth-order valence-corrected chi connectivity index (χ4v) is 4.91. The SMILES string of the molecule is O=C1[C@H]2[C@H](C(=O)N1/N=C\c1ccc(OCc3ccccc3Cl)cc1)[C@H]1C=C[C@H]2CC1. The van der Waals surface area contributed by atoms with Gasteiger partial charge in [0.25, 0.3) is 11.8 Å². The monoisotopic (exact) mass is 420 g/mol. The van der Waals surface area contributed by atoms with Gasteiger partial charge in [-0.1, -0.05) is 42.0 Å². The van der Waals surface area contributed by atoms with Crippen molar-refractivity contribution in [2.24, 2.45) is 28.8 Å². The highest BCUT2D eigenvalue weighted by Crippen LogP contribution is 2.49. The number of nitrogens with zero attached hydrogens (tertiary/aromatic N) is 2. The first kappa shape index (κ1) is 19.1. The quantitative estimate of drug-likeness (QED) is 0.408. The van der Waals surface area contributed by atoms with Crippen molar-refractivity contribution < 1.29 is 14.3 Å². The van der Waals surface area contributed by atoms with Gasteiger partial charge >= 0.3 is 0 Å². The van der Waals surface area contributed by atoms with Crippen LogP contribution >= 0.6 is 11.6 Å². The molecule has 0 spiro atoms. The van der Waals surface area contributed by atoms with Crippen LogP contribution < -0.4 is 4.74 Å². The summed E-state index contributed by atoms with van der Waals surface area (Å²) in [5.74, 6) is 0.240. The Kier molecular flexibility index (Phi) is 4.91. The second-order valence-corrected chi connectivity index (χ2v) is 8.43. The zero-order chi connectivity index (χ0) is 20.7. The van der Waals surface area contributed by atoms with E-state index in [2.05, 4.69) is 17.3 Å². The number of carbonyl (C=O) groups is 2. The largest absolute Gasteiger partial charge is 0.489 e. The maximum absolute atomic E-state index is 12.8. The highest BCUT2D eigenvalue weighted by Gasteiger charge is 2.56. The molecule has 6 rings (SSSR count). The van der Waals surface area contributed by atoms with Gasteiger partial charge in [0.15, 0.2) is 0 Å². The van der Waals surface area contributed by atoms with Crippen LogP contribution in [0.4, 0.5) is 0 Å². The molecular formula is C24H21ClN2O3. The molecule has 2 amide bonds. The van der Waals surface area contributed by atoms with E-state index < -0.39 is 0 Å². The van der Waals surface area contributed by atoms with Crippen molar-refractivity contribution >= 4 is 29.6 Å². The minimum Gasteiger partial charge on any atom is -0.489 e. The molecule has 1 saturated heterocycles. The molecule has 1 heterocycles. The first-order chi connectivity index (χ1) is 14.6. The van der Waals surface area contributed by atoms with Crippen molar-refractivity contribution in [2.45, 2.75) is 19.4 Å². The Morgan fingerprint density at radius 2 is 1.60 bits per heavy atom. The van der Waals surface area contributed by atoms with Gasteiger partial charge in [0.05, 0.1) is 18.1 Å². The number of ether oxygens (including phenoxy) is 1. The maximum Gasteiger partial charge on any atom is 0.254 e. The van der Waals surface area contributed by atoms with Crippen molar-refractivity contribution in [3.63, 3.8) is 0 Å². The number of amides is 2. The fraction of sp³-hybridized carbons (Fsp3) is 0.292. The molecule has 3 aliphatic carbocycles. The molecule has 4 atom stereocenters. The molecule has 30 heavy (non-hydrogen) atoms. The third-order valence-electron chi connectivity index (χ3n) is 6.29. The number of benzene rings is 2. The van der Waals surface area contributed by atoms with Crippen LogP contribution in [0.2, 0.25) is 5.02 Å². The van der Waals surface area contributed by atoms with Gasteiger partial charge in [-0.15, -0.1) is 0 Å². The first-order valence-corrected chi connectivity index (χ1v) is 10.6. The lowest BCUT2D eigenvalue weighted by Gasteiger charge is -2.37. The van der Waals surface area contributed by atoms with Gasteiger partial charge in [-0.2, -0.15) is 10.1 Å². The van der Waals surface area contributed by atoms with Crippen molar-refractivity contribution in [2.75, 3.05) is 0 Å². The molecule has 2 aromatic rings. The summed E-state index contributed by atoms with van der Waals surface area (Å²) in [5.41, 5.74) is 1.71. The van der Waals surface area contributed by atoms with Crippen molar-refractivity contribution in [1.82, 2.24) is 5.01 Å². The summed E-state index contributed by atoms with van der Waals surface area (Å²) in [6, 6.07) is 14.9. The Morgan fingerprint density at radius 1 is 0.967 bits per heavy atom. The number of allylic oxidation sites excluding steroid dienone is 2. The number of hydrogen-bond donors (Lipinski definition) is 0. The number of rotatable bonds is 5. The van der Waals surface area contributed by atoms with E-state index in [4.69, 9.17) is 16.3 Å². The van der Waals surface area contributed by atoms with Gasteiger partial charge in [-0.05, 0) is 60.6 Å². The number of hydrogen-bond acceptors (Lipinski definition) is 4. The predicted molar refractivity (Wildman–Crippen MR) is 114 cm³/mol. The molecule has 0 unspecified atom stereocenters. The zero-order valence-electron chi connectivity index (χ0n) is 16.3. The molecule has 2 fully saturated rings. The lowest BCUT2D eigenvalue weighted by molar-refractivity contribution is -0.140. The van der Waals surface area contributed by atoms with E-state index in [-0.39, 0.29) is 35.5 Å². The standard InChI is InChI=1S/C24H21ClN2O3/c25-20-4-2-1-3-18(20)14-30-19-11-5-15(6-12-19)13-26-27-23(28)21-16-7-8-17(10-9-16)22(21)24(27)29/h1-8,11-13,16-17,21-22H,9-10,14H2/b26-13-/t16-,17-,21+,22+/m0/s1. The highest BCUT2D eigenvalue weighted by atomic mass is 35.5. The summed E-state index contributed by atoms with van der Waals surface area (Å²) >= 11 is 6.15. The first-order valence-electron chi connectivity index (χ1n) is 10.2. The normalized spacial score (nSPS) is 27.2. The molecule has 4 aliphatic rings. The molecule has 2 aromatic carbocycles. The Morgan fingerprint density at radius 3 is 2.20 bits per heavy atom. The molecule has 1 aliphatic heterocycles. The number of carbonyl (C=O) groups excluding carboxylic acids is 2. The van der Waals surface area contributed by atoms with Gasteiger partial charge in [-0.3, -0.25) is 9.59 Å². The lowest BCUT2D eigenvalue weighted by Crippen LogP contribution is -2.38. The summed E-state index contributed by atoms with van der Waals surface area (Å²) in [5, 5.41) is 5.98. The molecular weight excluding hydrogens is 400 g/mol. The van der Waals surface area contributed by atoms with Gasteiger partial charge in [0, 0.05) is 10.6 Å². The predicted octanol–water partition coefficient (Wildman–Crippen LogP) is 4.45. The third-order valence-corrected chi connectivity index (χ3v) is 6.66. The summed E-state index contributed by atoms with van der Waals surface area (Å²) in [7, 11) is 0. The lowest BCUT2D eigenvalue weighted by atomic mass is 9.63. The number of hydrazone groups is 1. The average Bonchev–Trinajstić information content (AvgIpc) is 3.05. The van der Waals surface area contributed by atoms with E-state index in [0.29, 0.717) is 17.4 Å². The number of halogens is 1. The molecule has 0 N–H and O–H groups in total. The van der Waals surface area contributed by atoms with E-state index in [0.717, 1.165) is 29.0 Å². The van der Waals surface area contributed by atoms with E-state index in [9.17, 15) is 9.59 Å². The number of imide groups is 1. The van der Waals surface area contributed by atoms with E-state index in [1.54, 1.807) is 6.21 Å². The minimum atomic E-state index is -0.237. The summed E-state index contributed by atoms with van der Waals surface area (Å²) in [4.78, 5) is 25.6. The highest BCUT2D eigenvalue weighted by molar-refractivity contribution is 6.31. The fourth-order valence-electron chi connectivity index (χ4n) is 4.72. The van der Waals surface area contributed by atoms with Crippen LogP contribution in [0.25, 0.3) is 0 Å². The summed E-state index contributed by atoms with van der Waals surface area (Å²) in [6.07, 6.45) is 7.73. The molecule has 5 nitrogen and oxygen atoms in total. The maximum atomic E-state index is 12.8. The topological polar surface area (TPSA) is 59.0 Å². The van der Waals surface area contributed by atoms with E-state index in [1.807, 2.05) is 48.5 Å². The van der Waals surface area contributed by atoms with Crippen LogP contribution in [-0.4, -0.2) is 23.0 Å². The Balaban J connectivity index is 1.25. The zero-order valence-corrected chi connectivity index (χ0v) is 17.0. The van der Waals surface area contributed by atoms with E-state index >= 15 is 0 Å². The molecule has 152 valence electrons. The van der Waals surface area contributed by atoms with Crippen molar-refractivity contribution in [1.29, 1.82) is 0 Å². The van der Waals surface area contributed by atoms with Crippen LogP contribution in [0.1, 0.15) is 24.0 Å². The second-order valence-electron chi connectivity index (χ2n) is 8.02. The molecule has 1 saturated carbocycles. The smallest absolute Gasteiger partial charge is 0.254 e. The second kappa shape index (κ2) is 7.73. The van der Waals surface area contributed by atoms with Crippen molar-refractivity contribution in [3.05, 3.63) is 76.8 Å². The molecule has 6 heteroatoms. The Hall–Kier alpha value is -2.92.